The Morgan fingerprint density at radius 1 is 1.24 bits per heavy atom. The van der Waals surface area contributed by atoms with Gasteiger partial charge in [0.15, 0.2) is 5.52 Å². The third-order valence-electron chi connectivity index (χ3n) is 2.82. The van der Waals surface area contributed by atoms with Crippen molar-refractivity contribution in [2.45, 2.75) is 9.79 Å². The topological polar surface area (TPSA) is 91.3 Å². The van der Waals surface area contributed by atoms with Crippen LogP contribution in [0.15, 0.2) is 50.8 Å². The predicted molar refractivity (Wildman–Crippen MR) is 75.6 cm³/mol. The van der Waals surface area contributed by atoms with Crippen LogP contribution in [0.5, 0.6) is 5.75 Å². The molecule has 8 heteroatoms. The van der Waals surface area contributed by atoms with Gasteiger partial charge in [0.1, 0.15) is 5.75 Å². The van der Waals surface area contributed by atoms with E-state index < -0.39 is 4.92 Å². The molecular weight excluding hydrogens is 294 g/mol. The van der Waals surface area contributed by atoms with Crippen molar-refractivity contribution >= 4 is 28.5 Å². The zero-order valence-electron chi connectivity index (χ0n) is 10.8. The van der Waals surface area contributed by atoms with Crippen molar-refractivity contribution in [3.8, 4) is 5.75 Å². The molecule has 0 amide bonds. The molecule has 7 nitrogen and oxygen atoms in total. The first kappa shape index (κ1) is 13.4. The maximum absolute atomic E-state index is 10.9. The number of hydrogen-bond donors (Lipinski definition) is 0. The molecule has 0 saturated heterocycles. The van der Waals surface area contributed by atoms with E-state index in [1.807, 2.05) is 24.3 Å². The summed E-state index contributed by atoms with van der Waals surface area (Å²) in [4.78, 5) is 12.1. The van der Waals surface area contributed by atoms with Gasteiger partial charge in [0, 0.05) is 15.9 Å². The average Bonchev–Trinajstić information content (AvgIpc) is 2.97. The maximum atomic E-state index is 10.9. The molecule has 0 radical (unpaired) electrons. The number of methoxy groups -OCH3 is 1. The van der Waals surface area contributed by atoms with E-state index in [1.165, 1.54) is 17.8 Å². The Kier molecular flexibility index (Phi) is 3.44. The first-order valence-corrected chi connectivity index (χ1v) is 6.72. The van der Waals surface area contributed by atoms with E-state index in [4.69, 9.17) is 4.74 Å². The average molecular weight is 303 g/mol. The lowest BCUT2D eigenvalue weighted by Crippen LogP contribution is -1.90. The largest absolute Gasteiger partial charge is 0.497 e. The molecule has 0 spiro atoms. The molecule has 3 rings (SSSR count). The van der Waals surface area contributed by atoms with Crippen molar-refractivity contribution in [2.75, 3.05) is 7.11 Å². The Labute approximate surface area is 123 Å². The summed E-state index contributed by atoms with van der Waals surface area (Å²) in [6.45, 7) is 0. The van der Waals surface area contributed by atoms with Crippen molar-refractivity contribution in [1.82, 2.24) is 10.3 Å². The minimum Gasteiger partial charge on any atom is -0.497 e. The van der Waals surface area contributed by atoms with Crippen LogP contribution in [0.2, 0.25) is 0 Å². The van der Waals surface area contributed by atoms with Gasteiger partial charge in [-0.1, -0.05) is 17.8 Å². The molecule has 0 bridgehead atoms. The van der Waals surface area contributed by atoms with E-state index in [0.717, 1.165) is 15.5 Å². The lowest BCUT2D eigenvalue weighted by Gasteiger charge is -2.04. The molecule has 2 aromatic carbocycles. The lowest BCUT2D eigenvalue weighted by molar-refractivity contribution is -0.383. The fraction of sp³-hybridized carbons (Fsp3) is 0.0769. The molecular formula is C13H9N3O4S. The Bertz CT molecular complexity index is 818. The minimum atomic E-state index is -0.507. The quantitative estimate of drug-likeness (QED) is 0.539. The second-order valence-electron chi connectivity index (χ2n) is 4.08. The molecule has 0 aliphatic heterocycles. The van der Waals surface area contributed by atoms with E-state index in [1.54, 1.807) is 13.2 Å². The number of fused-ring (bicyclic) bond motifs is 1. The van der Waals surface area contributed by atoms with Crippen LogP contribution in [0, 0.1) is 10.1 Å². The van der Waals surface area contributed by atoms with Gasteiger partial charge in [0.25, 0.3) is 0 Å². The molecule has 0 saturated carbocycles. The number of non-ortho nitro benzene ring substituents is 1. The normalized spacial score (nSPS) is 10.7. The Hall–Kier alpha value is -2.61. The third-order valence-corrected chi connectivity index (χ3v) is 3.86. The fourth-order valence-corrected chi connectivity index (χ4v) is 2.79. The van der Waals surface area contributed by atoms with Gasteiger partial charge in [-0.15, -0.1) is 0 Å². The van der Waals surface area contributed by atoms with Crippen LogP contribution < -0.4 is 4.74 Å². The summed E-state index contributed by atoms with van der Waals surface area (Å²) >= 11 is 1.41. The van der Waals surface area contributed by atoms with Crippen molar-refractivity contribution < 1.29 is 14.3 Å². The second kappa shape index (κ2) is 5.41. The van der Waals surface area contributed by atoms with E-state index in [9.17, 15) is 10.1 Å². The highest BCUT2D eigenvalue weighted by molar-refractivity contribution is 7.99. The molecule has 0 atom stereocenters. The number of nitro groups is 1. The molecule has 1 aromatic heterocycles. The first-order chi connectivity index (χ1) is 10.2. The highest BCUT2D eigenvalue weighted by Gasteiger charge is 2.20. The van der Waals surface area contributed by atoms with Crippen molar-refractivity contribution in [2.24, 2.45) is 0 Å². The van der Waals surface area contributed by atoms with Gasteiger partial charge in [0.05, 0.1) is 12.0 Å². The van der Waals surface area contributed by atoms with Crippen LogP contribution in [0.25, 0.3) is 11.0 Å². The second-order valence-corrected chi connectivity index (χ2v) is 5.20. The number of ether oxygens (including phenoxy) is 1. The van der Waals surface area contributed by atoms with Gasteiger partial charge >= 0.3 is 5.69 Å². The summed E-state index contributed by atoms with van der Waals surface area (Å²) in [7, 11) is 1.59. The van der Waals surface area contributed by atoms with Gasteiger partial charge in [-0.05, 0) is 34.6 Å². The highest BCUT2D eigenvalue weighted by atomic mass is 32.2. The Morgan fingerprint density at radius 3 is 2.81 bits per heavy atom. The van der Waals surface area contributed by atoms with Crippen molar-refractivity contribution in [1.29, 1.82) is 0 Å². The number of aromatic nitrogens is 2. The number of benzene rings is 2. The van der Waals surface area contributed by atoms with Gasteiger partial charge in [-0.3, -0.25) is 10.1 Å². The number of nitrogens with zero attached hydrogens (tertiary/aromatic N) is 3. The van der Waals surface area contributed by atoms with Crippen LogP contribution in [-0.2, 0) is 0 Å². The summed E-state index contributed by atoms with van der Waals surface area (Å²) in [6.07, 6.45) is 0. The maximum Gasteiger partial charge on any atom is 0.300 e. The number of hydrogen-bond acceptors (Lipinski definition) is 7. The molecule has 1 heterocycles. The predicted octanol–water partition coefficient (Wildman–Crippen LogP) is 3.29. The van der Waals surface area contributed by atoms with Crippen LogP contribution in [0.1, 0.15) is 0 Å². The molecule has 0 unspecified atom stereocenters. The van der Waals surface area contributed by atoms with Gasteiger partial charge in [-0.25, -0.2) is 4.63 Å². The van der Waals surface area contributed by atoms with E-state index >= 15 is 0 Å². The fourth-order valence-electron chi connectivity index (χ4n) is 1.85. The highest BCUT2D eigenvalue weighted by Crippen LogP contribution is 2.36. The molecule has 106 valence electrons. The van der Waals surface area contributed by atoms with Crippen molar-refractivity contribution in [3.63, 3.8) is 0 Å². The Morgan fingerprint density at radius 2 is 2.05 bits per heavy atom. The van der Waals surface area contributed by atoms with E-state index in [-0.39, 0.29) is 11.2 Å². The molecule has 0 aliphatic carbocycles. The van der Waals surface area contributed by atoms with Gasteiger partial charge < -0.3 is 4.74 Å². The van der Waals surface area contributed by atoms with E-state index in [0.29, 0.717) is 5.52 Å². The Balaban J connectivity index is 2.03. The minimum absolute atomic E-state index is 0.124. The SMILES string of the molecule is COc1cccc(Sc2ccc([N+](=O)[O-])c3nonc23)c1. The number of rotatable bonds is 4. The van der Waals surface area contributed by atoms with Crippen LogP contribution in [0.4, 0.5) is 5.69 Å². The zero-order valence-corrected chi connectivity index (χ0v) is 11.7. The van der Waals surface area contributed by atoms with Gasteiger partial charge in [-0.2, -0.15) is 0 Å². The summed E-state index contributed by atoms with van der Waals surface area (Å²) in [6, 6.07) is 10.5. The molecule has 0 N–H and O–H groups in total. The summed E-state index contributed by atoms with van der Waals surface area (Å²) < 4.78 is 9.80. The molecule has 0 fully saturated rings. The van der Waals surface area contributed by atoms with E-state index in [2.05, 4.69) is 14.9 Å². The van der Waals surface area contributed by atoms with Crippen LogP contribution in [0.3, 0.4) is 0 Å². The molecule has 21 heavy (non-hydrogen) atoms. The third kappa shape index (κ3) is 2.52. The molecule has 0 aliphatic rings. The first-order valence-electron chi connectivity index (χ1n) is 5.90. The zero-order chi connectivity index (χ0) is 14.8. The molecule has 3 aromatic rings. The number of nitro benzene ring substituents is 1. The summed E-state index contributed by atoms with van der Waals surface area (Å²) in [5.74, 6) is 0.733. The summed E-state index contributed by atoms with van der Waals surface area (Å²) in [5.41, 5.74) is 0.395. The monoisotopic (exact) mass is 303 g/mol. The summed E-state index contributed by atoms with van der Waals surface area (Å²) in [5, 5.41) is 18.3. The van der Waals surface area contributed by atoms with Crippen LogP contribution in [-0.4, -0.2) is 22.3 Å². The van der Waals surface area contributed by atoms with Crippen LogP contribution >= 0.6 is 11.8 Å². The van der Waals surface area contributed by atoms with Gasteiger partial charge in [0.2, 0.25) is 5.52 Å². The van der Waals surface area contributed by atoms with Crippen molar-refractivity contribution in [3.05, 3.63) is 46.5 Å². The lowest BCUT2D eigenvalue weighted by atomic mass is 10.3. The smallest absolute Gasteiger partial charge is 0.300 e. The standard InChI is InChI=1S/C13H9N3O4S/c1-19-8-3-2-4-9(7-8)21-11-6-5-10(16(17)18)12-13(11)15-20-14-12/h2-7H,1H3.